The number of aliphatic hydroxyl groups is 1. The van der Waals surface area contributed by atoms with Crippen LogP contribution in [-0.2, 0) is 0 Å². The Hall–Kier alpha value is -0.560. The molecule has 0 amide bonds. The monoisotopic (exact) mass is 220 g/mol. The second-order valence-electron chi connectivity index (χ2n) is 6.10. The summed E-state index contributed by atoms with van der Waals surface area (Å²) >= 11 is 0. The Balaban J connectivity index is 2.32. The van der Waals surface area contributed by atoms with E-state index in [1.807, 2.05) is 0 Å². The standard InChI is InChI=1S/C15H24O/c1-10(2)12-8-13-11(3)6-5-7-15(13,4)9-14(12)16/h12,14,16H,1,5-9H2,2-4H3/t12-,14-,15-/m0/s1. The van der Waals surface area contributed by atoms with E-state index in [9.17, 15) is 5.11 Å². The average Bonchev–Trinajstić information content (AvgIpc) is 2.15. The van der Waals surface area contributed by atoms with E-state index in [0.29, 0.717) is 0 Å². The van der Waals surface area contributed by atoms with Gasteiger partial charge in [-0.3, -0.25) is 0 Å². The van der Waals surface area contributed by atoms with Gasteiger partial charge < -0.3 is 5.11 Å². The Morgan fingerprint density at radius 2 is 2.19 bits per heavy atom. The minimum Gasteiger partial charge on any atom is -0.392 e. The first kappa shape index (κ1) is 11.9. The number of fused-ring (bicyclic) bond motifs is 1. The van der Waals surface area contributed by atoms with Crippen LogP contribution in [0.3, 0.4) is 0 Å². The summed E-state index contributed by atoms with van der Waals surface area (Å²) in [6.45, 7) is 10.7. The van der Waals surface area contributed by atoms with Crippen molar-refractivity contribution < 1.29 is 5.11 Å². The Kier molecular flexibility index (Phi) is 3.00. The Labute approximate surface area is 99.3 Å². The van der Waals surface area contributed by atoms with Crippen LogP contribution in [0.25, 0.3) is 0 Å². The number of hydrogen-bond acceptors (Lipinski definition) is 1. The van der Waals surface area contributed by atoms with E-state index < -0.39 is 0 Å². The first-order chi connectivity index (χ1) is 7.44. The zero-order valence-corrected chi connectivity index (χ0v) is 10.8. The number of hydrogen-bond donors (Lipinski definition) is 1. The Morgan fingerprint density at radius 3 is 2.81 bits per heavy atom. The quantitative estimate of drug-likeness (QED) is 0.666. The maximum Gasteiger partial charge on any atom is 0.0616 e. The van der Waals surface area contributed by atoms with E-state index in [1.165, 1.54) is 19.3 Å². The van der Waals surface area contributed by atoms with Crippen LogP contribution in [0, 0.1) is 11.3 Å². The van der Waals surface area contributed by atoms with Crippen LogP contribution in [0.1, 0.15) is 52.9 Å². The first-order valence-electron chi connectivity index (χ1n) is 6.46. The highest BCUT2D eigenvalue weighted by Crippen LogP contribution is 2.51. The molecule has 16 heavy (non-hydrogen) atoms. The van der Waals surface area contributed by atoms with Gasteiger partial charge in [-0.15, -0.1) is 0 Å². The highest BCUT2D eigenvalue weighted by molar-refractivity contribution is 5.28. The molecule has 0 bridgehead atoms. The molecule has 1 fully saturated rings. The van der Waals surface area contributed by atoms with Gasteiger partial charge in [-0.2, -0.15) is 0 Å². The molecule has 2 rings (SSSR count). The maximum absolute atomic E-state index is 10.2. The van der Waals surface area contributed by atoms with Crippen LogP contribution >= 0.6 is 0 Å². The number of aliphatic hydroxyl groups excluding tert-OH is 1. The summed E-state index contributed by atoms with van der Waals surface area (Å²) in [6.07, 6.45) is 5.58. The topological polar surface area (TPSA) is 20.2 Å². The number of rotatable bonds is 1. The molecule has 0 aromatic rings. The van der Waals surface area contributed by atoms with E-state index in [2.05, 4.69) is 27.4 Å². The average molecular weight is 220 g/mol. The largest absolute Gasteiger partial charge is 0.392 e. The molecule has 3 atom stereocenters. The summed E-state index contributed by atoms with van der Waals surface area (Å²) in [4.78, 5) is 0. The van der Waals surface area contributed by atoms with Gasteiger partial charge in [-0.1, -0.05) is 30.2 Å². The molecule has 1 N–H and O–H groups in total. The van der Waals surface area contributed by atoms with Crippen LogP contribution in [0.5, 0.6) is 0 Å². The minimum absolute atomic E-state index is 0.183. The highest BCUT2D eigenvalue weighted by Gasteiger charge is 2.42. The Bertz CT molecular complexity index is 339. The molecule has 2 aliphatic rings. The molecule has 2 aliphatic carbocycles. The van der Waals surface area contributed by atoms with E-state index >= 15 is 0 Å². The van der Waals surface area contributed by atoms with Crippen LogP contribution in [0.15, 0.2) is 23.3 Å². The van der Waals surface area contributed by atoms with Gasteiger partial charge in [0.15, 0.2) is 0 Å². The van der Waals surface area contributed by atoms with Crippen LogP contribution in [-0.4, -0.2) is 11.2 Å². The summed E-state index contributed by atoms with van der Waals surface area (Å²) in [5.74, 6) is 0.288. The minimum atomic E-state index is -0.183. The van der Waals surface area contributed by atoms with Gasteiger partial charge in [0.2, 0.25) is 0 Å². The highest BCUT2D eigenvalue weighted by atomic mass is 16.3. The van der Waals surface area contributed by atoms with Crippen molar-refractivity contribution in [2.75, 3.05) is 0 Å². The molecular weight excluding hydrogens is 196 g/mol. The molecule has 0 heterocycles. The third-order valence-electron chi connectivity index (χ3n) is 4.71. The summed E-state index contributed by atoms with van der Waals surface area (Å²) < 4.78 is 0. The van der Waals surface area contributed by atoms with Crippen molar-refractivity contribution in [3.8, 4) is 0 Å². The molecule has 90 valence electrons. The van der Waals surface area contributed by atoms with Crippen LogP contribution in [0.4, 0.5) is 0 Å². The molecule has 0 radical (unpaired) electrons. The van der Waals surface area contributed by atoms with Crippen LogP contribution in [0.2, 0.25) is 0 Å². The lowest BCUT2D eigenvalue weighted by Gasteiger charge is -2.46. The molecular formula is C15H24O. The third kappa shape index (κ3) is 1.86. The maximum atomic E-state index is 10.2. The molecule has 0 unspecified atom stereocenters. The van der Waals surface area contributed by atoms with E-state index in [0.717, 1.165) is 18.4 Å². The van der Waals surface area contributed by atoms with Crippen molar-refractivity contribution in [3.63, 3.8) is 0 Å². The first-order valence-corrected chi connectivity index (χ1v) is 6.46. The fourth-order valence-electron chi connectivity index (χ4n) is 3.67. The molecule has 0 aromatic heterocycles. The van der Waals surface area contributed by atoms with E-state index in [1.54, 1.807) is 11.1 Å². The summed E-state index contributed by atoms with van der Waals surface area (Å²) in [5.41, 5.74) is 4.61. The lowest BCUT2D eigenvalue weighted by atomic mass is 9.60. The predicted molar refractivity (Wildman–Crippen MR) is 68.2 cm³/mol. The fraction of sp³-hybridized carbons (Fsp3) is 0.733. The normalized spacial score (nSPS) is 39.5. The van der Waals surface area contributed by atoms with Crippen molar-refractivity contribution in [2.24, 2.45) is 11.3 Å². The van der Waals surface area contributed by atoms with Crippen molar-refractivity contribution in [1.29, 1.82) is 0 Å². The third-order valence-corrected chi connectivity index (χ3v) is 4.71. The van der Waals surface area contributed by atoms with Gasteiger partial charge in [0.25, 0.3) is 0 Å². The van der Waals surface area contributed by atoms with E-state index in [4.69, 9.17) is 0 Å². The number of allylic oxidation sites excluding steroid dienone is 2. The Morgan fingerprint density at radius 1 is 1.50 bits per heavy atom. The van der Waals surface area contributed by atoms with Gasteiger partial charge >= 0.3 is 0 Å². The summed E-state index contributed by atoms with van der Waals surface area (Å²) in [7, 11) is 0. The molecule has 1 heteroatoms. The lowest BCUT2D eigenvalue weighted by molar-refractivity contribution is 0.0456. The van der Waals surface area contributed by atoms with Crippen molar-refractivity contribution in [1.82, 2.24) is 0 Å². The van der Waals surface area contributed by atoms with Gasteiger partial charge in [0.05, 0.1) is 6.10 Å². The molecule has 0 spiro atoms. The molecule has 1 nitrogen and oxygen atoms in total. The summed E-state index contributed by atoms with van der Waals surface area (Å²) in [5, 5.41) is 10.2. The van der Waals surface area contributed by atoms with Crippen molar-refractivity contribution in [3.05, 3.63) is 23.3 Å². The van der Waals surface area contributed by atoms with E-state index in [-0.39, 0.29) is 17.4 Å². The molecule has 0 saturated heterocycles. The smallest absolute Gasteiger partial charge is 0.0616 e. The predicted octanol–water partition coefficient (Wildman–Crippen LogP) is 3.84. The van der Waals surface area contributed by atoms with Gasteiger partial charge in [-0.05, 0) is 51.4 Å². The second kappa shape index (κ2) is 4.03. The van der Waals surface area contributed by atoms with Crippen LogP contribution < -0.4 is 0 Å². The zero-order valence-electron chi connectivity index (χ0n) is 10.8. The molecule has 0 aliphatic heterocycles. The zero-order chi connectivity index (χ0) is 11.9. The fourth-order valence-corrected chi connectivity index (χ4v) is 3.67. The lowest BCUT2D eigenvalue weighted by Crippen LogP contribution is -2.39. The SMILES string of the molecule is C=C(C)[C@@H]1CC2=C(C)CCC[C@@]2(C)C[C@@H]1O. The second-order valence-corrected chi connectivity index (χ2v) is 6.10. The summed E-state index contributed by atoms with van der Waals surface area (Å²) in [6, 6.07) is 0. The molecule has 0 aromatic carbocycles. The van der Waals surface area contributed by atoms with Gasteiger partial charge in [0.1, 0.15) is 0 Å². The van der Waals surface area contributed by atoms with Gasteiger partial charge in [-0.25, -0.2) is 0 Å². The van der Waals surface area contributed by atoms with Gasteiger partial charge in [0, 0.05) is 5.92 Å². The van der Waals surface area contributed by atoms with Crippen molar-refractivity contribution in [2.45, 2.75) is 59.0 Å². The molecule has 1 saturated carbocycles. The van der Waals surface area contributed by atoms with Crippen molar-refractivity contribution >= 4 is 0 Å².